The zero-order chi connectivity index (χ0) is 23.7. The number of para-hydroxylation sites is 2. The van der Waals surface area contributed by atoms with Crippen molar-refractivity contribution < 1.29 is 14.3 Å². The standard InChI is InChI=1S/C29H30N2O3/c1-29(2)16-23-27(24(32)17-29)28(31-22-12-8-7-11-21(22)30-23)20-13-14-25(33-3)26(15-20)34-18-19-9-5-4-6-10-19/h4-15,27-28,31H,16-18H2,1-3H3. The molecule has 0 bridgehead atoms. The van der Waals surface area contributed by atoms with Crippen LogP contribution in [0.5, 0.6) is 11.5 Å². The van der Waals surface area contributed by atoms with Gasteiger partial charge in [-0.2, -0.15) is 0 Å². The Kier molecular flexibility index (Phi) is 5.86. The molecular weight excluding hydrogens is 424 g/mol. The number of benzene rings is 3. The van der Waals surface area contributed by atoms with Crippen molar-refractivity contribution >= 4 is 22.9 Å². The molecule has 2 unspecified atom stereocenters. The van der Waals surface area contributed by atoms with Crippen LogP contribution < -0.4 is 14.8 Å². The SMILES string of the molecule is COc1ccc(C2Nc3ccccc3N=C3CC(C)(C)CC(=O)C32)cc1OCc1ccccc1. The number of nitrogens with one attached hydrogen (secondary N) is 1. The van der Waals surface area contributed by atoms with Gasteiger partial charge in [-0.05, 0) is 47.2 Å². The molecule has 3 aromatic rings. The van der Waals surface area contributed by atoms with Gasteiger partial charge in [0.15, 0.2) is 11.5 Å². The van der Waals surface area contributed by atoms with Crippen LogP contribution in [0.2, 0.25) is 0 Å². The molecule has 0 spiro atoms. The largest absolute Gasteiger partial charge is 0.493 e. The van der Waals surface area contributed by atoms with Gasteiger partial charge in [0, 0.05) is 12.1 Å². The van der Waals surface area contributed by atoms with E-state index in [1.165, 1.54) is 0 Å². The van der Waals surface area contributed by atoms with Crippen LogP contribution in [0.15, 0.2) is 77.8 Å². The number of methoxy groups -OCH3 is 1. The van der Waals surface area contributed by atoms with Gasteiger partial charge in [0.05, 0.1) is 30.4 Å². The number of fused-ring (bicyclic) bond motifs is 2. The molecule has 1 aliphatic carbocycles. The third-order valence-electron chi connectivity index (χ3n) is 6.61. The van der Waals surface area contributed by atoms with Gasteiger partial charge < -0.3 is 14.8 Å². The molecule has 1 heterocycles. The number of ketones is 1. The fourth-order valence-electron chi connectivity index (χ4n) is 5.03. The maximum absolute atomic E-state index is 13.5. The second-order valence-corrected chi connectivity index (χ2v) is 9.89. The minimum absolute atomic E-state index is 0.0971. The van der Waals surface area contributed by atoms with Crippen molar-refractivity contribution in [2.75, 3.05) is 12.4 Å². The lowest BCUT2D eigenvalue weighted by Gasteiger charge is -2.37. The summed E-state index contributed by atoms with van der Waals surface area (Å²) in [4.78, 5) is 18.5. The molecule has 2 atom stereocenters. The van der Waals surface area contributed by atoms with Crippen LogP contribution >= 0.6 is 0 Å². The lowest BCUT2D eigenvalue weighted by molar-refractivity contribution is -0.124. The first-order chi connectivity index (χ1) is 16.4. The average Bonchev–Trinajstić information content (AvgIpc) is 2.99. The molecule has 1 fully saturated rings. The third kappa shape index (κ3) is 4.43. The number of hydrogen-bond donors (Lipinski definition) is 1. The van der Waals surface area contributed by atoms with Crippen LogP contribution in [0.4, 0.5) is 11.4 Å². The average molecular weight is 455 g/mol. The predicted molar refractivity (Wildman–Crippen MR) is 135 cm³/mol. The fourth-order valence-corrected chi connectivity index (χ4v) is 5.03. The summed E-state index contributed by atoms with van der Waals surface area (Å²) in [6.45, 7) is 4.72. The van der Waals surface area contributed by atoms with Crippen LogP contribution in [-0.2, 0) is 11.4 Å². The molecule has 34 heavy (non-hydrogen) atoms. The number of carbonyl (C=O) groups excluding carboxylic acids is 1. The highest BCUT2D eigenvalue weighted by molar-refractivity contribution is 6.10. The van der Waals surface area contributed by atoms with Gasteiger partial charge in [-0.25, -0.2) is 0 Å². The number of anilines is 1. The quantitative estimate of drug-likeness (QED) is 0.477. The van der Waals surface area contributed by atoms with Crippen molar-refractivity contribution in [1.82, 2.24) is 0 Å². The molecule has 0 saturated heterocycles. The Labute approximate surface area is 200 Å². The lowest BCUT2D eigenvalue weighted by Crippen LogP contribution is -2.42. The Bertz CT molecular complexity index is 1230. The van der Waals surface area contributed by atoms with E-state index >= 15 is 0 Å². The maximum Gasteiger partial charge on any atom is 0.162 e. The third-order valence-corrected chi connectivity index (χ3v) is 6.61. The van der Waals surface area contributed by atoms with Gasteiger partial charge in [0.2, 0.25) is 0 Å². The van der Waals surface area contributed by atoms with Gasteiger partial charge in [-0.1, -0.05) is 62.4 Å². The van der Waals surface area contributed by atoms with E-state index in [0.717, 1.165) is 34.6 Å². The summed E-state index contributed by atoms with van der Waals surface area (Å²) in [5.74, 6) is 1.22. The number of Topliss-reactive ketones (excluding diaryl/α,β-unsaturated/α-hetero) is 1. The van der Waals surface area contributed by atoms with E-state index in [0.29, 0.717) is 24.5 Å². The number of carbonyl (C=O) groups is 1. The number of hydrogen-bond acceptors (Lipinski definition) is 5. The summed E-state index contributed by atoms with van der Waals surface area (Å²) < 4.78 is 11.8. The minimum atomic E-state index is -0.323. The number of rotatable bonds is 5. The summed E-state index contributed by atoms with van der Waals surface area (Å²) in [6.07, 6.45) is 1.34. The summed E-state index contributed by atoms with van der Waals surface area (Å²) in [5, 5.41) is 3.64. The molecule has 0 amide bonds. The van der Waals surface area contributed by atoms with Crippen molar-refractivity contribution in [3.63, 3.8) is 0 Å². The molecule has 0 aromatic heterocycles. The Morgan fingerprint density at radius 3 is 2.53 bits per heavy atom. The van der Waals surface area contributed by atoms with E-state index < -0.39 is 0 Å². The van der Waals surface area contributed by atoms with E-state index in [1.54, 1.807) is 7.11 Å². The first kappa shape index (κ1) is 22.2. The van der Waals surface area contributed by atoms with Crippen molar-refractivity contribution in [3.05, 3.63) is 83.9 Å². The molecule has 1 aliphatic heterocycles. The van der Waals surface area contributed by atoms with Crippen LogP contribution in [0, 0.1) is 11.3 Å². The molecular formula is C29H30N2O3. The summed E-state index contributed by atoms with van der Waals surface area (Å²) in [6, 6.07) is 23.7. The van der Waals surface area contributed by atoms with Crippen LogP contribution in [-0.4, -0.2) is 18.6 Å². The van der Waals surface area contributed by atoms with Gasteiger partial charge in [0.25, 0.3) is 0 Å². The van der Waals surface area contributed by atoms with Crippen LogP contribution in [0.25, 0.3) is 0 Å². The maximum atomic E-state index is 13.5. The lowest BCUT2D eigenvalue weighted by atomic mass is 9.68. The first-order valence-electron chi connectivity index (χ1n) is 11.7. The smallest absolute Gasteiger partial charge is 0.162 e. The number of ether oxygens (including phenoxy) is 2. The Balaban J connectivity index is 1.54. The molecule has 174 valence electrons. The molecule has 5 rings (SSSR count). The number of nitrogens with zero attached hydrogens (tertiary/aromatic N) is 1. The number of aliphatic imine (C=N–C) groups is 1. The monoisotopic (exact) mass is 454 g/mol. The predicted octanol–water partition coefficient (Wildman–Crippen LogP) is 6.52. The zero-order valence-electron chi connectivity index (χ0n) is 19.9. The van der Waals surface area contributed by atoms with E-state index in [2.05, 4.69) is 19.2 Å². The van der Waals surface area contributed by atoms with Gasteiger partial charge in [-0.15, -0.1) is 0 Å². The Morgan fingerprint density at radius 2 is 1.74 bits per heavy atom. The van der Waals surface area contributed by atoms with E-state index in [1.807, 2.05) is 72.8 Å². The zero-order valence-corrected chi connectivity index (χ0v) is 19.9. The normalized spacial score (nSPS) is 20.8. The molecule has 2 aliphatic rings. The van der Waals surface area contributed by atoms with Crippen molar-refractivity contribution in [3.8, 4) is 11.5 Å². The molecule has 0 radical (unpaired) electrons. The second-order valence-electron chi connectivity index (χ2n) is 9.89. The van der Waals surface area contributed by atoms with E-state index in [-0.39, 0.29) is 23.2 Å². The molecule has 1 saturated carbocycles. The highest BCUT2D eigenvalue weighted by Gasteiger charge is 2.44. The van der Waals surface area contributed by atoms with Crippen molar-refractivity contribution in [1.29, 1.82) is 0 Å². The van der Waals surface area contributed by atoms with Crippen molar-refractivity contribution in [2.24, 2.45) is 16.3 Å². The van der Waals surface area contributed by atoms with E-state index in [9.17, 15) is 4.79 Å². The summed E-state index contributed by atoms with van der Waals surface area (Å²) in [5.41, 5.74) is 4.72. The van der Waals surface area contributed by atoms with Gasteiger partial charge >= 0.3 is 0 Å². The van der Waals surface area contributed by atoms with Crippen molar-refractivity contribution in [2.45, 2.75) is 39.3 Å². The molecule has 3 aromatic carbocycles. The molecule has 5 nitrogen and oxygen atoms in total. The Morgan fingerprint density at radius 1 is 0.971 bits per heavy atom. The summed E-state index contributed by atoms with van der Waals surface area (Å²) >= 11 is 0. The highest BCUT2D eigenvalue weighted by Crippen LogP contribution is 2.46. The molecule has 1 N–H and O–H groups in total. The second kappa shape index (κ2) is 8.98. The Hall–Kier alpha value is -3.60. The van der Waals surface area contributed by atoms with Crippen LogP contribution in [0.1, 0.15) is 43.9 Å². The van der Waals surface area contributed by atoms with E-state index in [4.69, 9.17) is 14.5 Å². The molecule has 5 heteroatoms. The van der Waals surface area contributed by atoms with Gasteiger partial charge in [0.1, 0.15) is 12.4 Å². The summed E-state index contributed by atoms with van der Waals surface area (Å²) in [7, 11) is 1.64. The topological polar surface area (TPSA) is 59.9 Å². The fraction of sp³-hybridized carbons (Fsp3) is 0.310. The highest BCUT2D eigenvalue weighted by atomic mass is 16.5. The van der Waals surface area contributed by atoms with Gasteiger partial charge in [-0.3, -0.25) is 9.79 Å². The first-order valence-corrected chi connectivity index (χ1v) is 11.7. The van der Waals surface area contributed by atoms with Crippen LogP contribution in [0.3, 0.4) is 0 Å². The minimum Gasteiger partial charge on any atom is -0.493 e.